The van der Waals surface area contributed by atoms with Crippen molar-refractivity contribution in [1.29, 1.82) is 0 Å². The predicted molar refractivity (Wildman–Crippen MR) is 152 cm³/mol. The van der Waals surface area contributed by atoms with Crippen LogP contribution in [0.5, 0.6) is 0 Å². The summed E-state index contributed by atoms with van der Waals surface area (Å²) in [6, 6.07) is -3.04. The van der Waals surface area contributed by atoms with Crippen molar-refractivity contribution in [2.75, 3.05) is 33.0 Å². The summed E-state index contributed by atoms with van der Waals surface area (Å²) in [4.78, 5) is 50.5. The van der Waals surface area contributed by atoms with Gasteiger partial charge in [0.1, 0.15) is 17.7 Å². The zero-order chi connectivity index (χ0) is 30.7. The average molecular weight is 571 g/mol. The maximum atomic E-state index is 13.0. The van der Waals surface area contributed by atoms with E-state index in [9.17, 15) is 24.3 Å². The second-order valence-electron chi connectivity index (χ2n) is 10.5. The first-order chi connectivity index (χ1) is 18.7. The molecule has 0 aromatic heterocycles. The molecule has 0 aliphatic heterocycles. The molecule has 0 spiro atoms. The van der Waals surface area contributed by atoms with E-state index in [-0.39, 0.29) is 38.8 Å². The fourth-order valence-corrected chi connectivity index (χ4v) is 3.31. The lowest BCUT2D eigenvalue weighted by molar-refractivity contribution is -0.131. The summed E-state index contributed by atoms with van der Waals surface area (Å²) in [5.74, 6) is -1.96. The lowest BCUT2D eigenvalue weighted by Crippen LogP contribution is -2.57. The Balaban J connectivity index is 5.31. The van der Waals surface area contributed by atoms with Crippen LogP contribution in [0.15, 0.2) is 25.3 Å². The second-order valence-corrected chi connectivity index (χ2v) is 10.5. The SMILES string of the molecule is C=CCOC[C@H](NC(=O)OC(C)(C)C)C(=O)N[C@@H](C)C(=O)N[C@@H](COCC=C)[C@@H](O)C[C@@H](C)C(=O)NCCCC. The summed E-state index contributed by atoms with van der Waals surface area (Å²) in [5.41, 5.74) is -0.780. The van der Waals surface area contributed by atoms with Crippen LogP contribution in [0.25, 0.3) is 0 Å². The maximum Gasteiger partial charge on any atom is 0.408 e. The molecule has 5 atom stereocenters. The summed E-state index contributed by atoms with van der Waals surface area (Å²) in [7, 11) is 0. The molecular formula is C28H50N4O8. The van der Waals surface area contributed by atoms with Crippen molar-refractivity contribution in [2.24, 2.45) is 5.92 Å². The molecule has 12 nitrogen and oxygen atoms in total. The van der Waals surface area contributed by atoms with Crippen LogP contribution in [-0.4, -0.2) is 91.7 Å². The summed E-state index contributed by atoms with van der Waals surface area (Å²) in [6.07, 6.45) is 3.00. The lowest BCUT2D eigenvalue weighted by atomic mass is 9.97. The van der Waals surface area contributed by atoms with Gasteiger partial charge < -0.3 is 40.6 Å². The molecule has 0 bridgehead atoms. The fraction of sp³-hybridized carbons (Fsp3) is 0.714. The van der Waals surface area contributed by atoms with Gasteiger partial charge in [0.25, 0.3) is 0 Å². The molecule has 230 valence electrons. The number of rotatable bonds is 20. The third-order valence-electron chi connectivity index (χ3n) is 5.48. The summed E-state index contributed by atoms with van der Waals surface area (Å²) >= 11 is 0. The standard InChI is InChI=1S/C28H50N4O8/c1-9-12-13-29-24(34)19(4)16-23(33)21(17-38-14-10-2)31-25(35)20(5)30-26(36)22(18-39-15-11-3)32-27(37)40-28(6,7)8/h10-11,19-23,33H,2-3,9,12-18H2,1,4-8H3,(H,29,34)(H,30,36)(H,31,35)(H,32,37)/t19-,20+,21+,22+,23+/m1/s1. The van der Waals surface area contributed by atoms with E-state index in [4.69, 9.17) is 14.2 Å². The number of hydrogen-bond acceptors (Lipinski definition) is 8. The van der Waals surface area contributed by atoms with Crippen molar-refractivity contribution < 1.29 is 38.5 Å². The Hall–Kier alpha value is -2.96. The molecule has 0 unspecified atom stereocenters. The molecule has 0 aliphatic carbocycles. The first-order valence-corrected chi connectivity index (χ1v) is 13.7. The topological polar surface area (TPSA) is 164 Å². The van der Waals surface area contributed by atoms with Gasteiger partial charge in [0.15, 0.2) is 0 Å². The largest absolute Gasteiger partial charge is 0.444 e. The highest BCUT2D eigenvalue weighted by Gasteiger charge is 2.30. The van der Waals surface area contributed by atoms with Gasteiger partial charge in [-0.3, -0.25) is 14.4 Å². The van der Waals surface area contributed by atoms with Crippen LogP contribution in [0, 0.1) is 5.92 Å². The highest BCUT2D eigenvalue weighted by Crippen LogP contribution is 2.11. The van der Waals surface area contributed by atoms with Crippen LogP contribution in [0.1, 0.15) is 60.8 Å². The van der Waals surface area contributed by atoms with Gasteiger partial charge in [-0.1, -0.05) is 32.4 Å². The number of ether oxygens (including phenoxy) is 3. The maximum absolute atomic E-state index is 13.0. The van der Waals surface area contributed by atoms with E-state index in [1.165, 1.54) is 19.1 Å². The first-order valence-electron chi connectivity index (χ1n) is 13.7. The van der Waals surface area contributed by atoms with Gasteiger partial charge in [0, 0.05) is 12.5 Å². The summed E-state index contributed by atoms with van der Waals surface area (Å²) in [5, 5.41) is 21.4. The van der Waals surface area contributed by atoms with Gasteiger partial charge in [-0.2, -0.15) is 0 Å². The van der Waals surface area contributed by atoms with Crippen molar-refractivity contribution in [1.82, 2.24) is 21.3 Å². The fourth-order valence-electron chi connectivity index (χ4n) is 3.31. The number of unbranched alkanes of at least 4 members (excludes halogenated alkanes) is 1. The molecule has 0 fully saturated rings. The number of hydrogen-bond donors (Lipinski definition) is 5. The van der Waals surface area contributed by atoms with Gasteiger partial charge in [-0.15, -0.1) is 13.2 Å². The Kier molecular flexibility index (Phi) is 18.5. The number of aliphatic hydroxyl groups excluding tert-OH is 1. The molecule has 0 aliphatic rings. The van der Waals surface area contributed by atoms with Gasteiger partial charge in [0.05, 0.1) is 38.6 Å². The van der Waals surface area contributed by atoms with Gasteiger partial charge in [0.2, 0.25) is 17.7 Å². The zero-order valence-electron chi connectivity index (χ0n) is 24.9. The van der Waals surface area contributed by atoms with Gasteiger partial charge in [-0.25, -0.2) is 4.79 Å². The monoisotopic (exact) mass is 570 g/mol. The van der Waals surface area contributed by atoms with Crippen molar-refractivity contribution in [3.8, 4) is 0 Å². The van der Waals surface area contributed by atoms with Crippen molar-refractivity contribution in [2.45, 2.75) is 90.6 Å². The van der Waals surface area contributed by atoms with Crippen LogP contribution in [0.2, 0.25) is 0 Å². The third kappa shape index (κ3) is 16.9. The number of aliphatic hydroxyl groups is 1. The van der Waals surface area contributed by atoms with Gasteiger partial charge >= 0.3 is 6.09 Å². The van der Waals surface area contributed by atoms with Gasteiger partial charge in [-0.05, 0) is 40.5 Å². The number of amides is 4. The molecule has 0 rings (SSSR count). The predicted octanol–water partition coefficient (Wildman–Crippen LogP) is 1.58. The van der Waals surface area contributed by atoms with Crippen LogP contribution in [0.4, 0.5) is 4.79 Å². The van der Waals surface area contributed by atoms with E-state index < -0.39 is 53.7 Å². The molecule has 0 aromatic rings. The second kappa shape index (κ2) is 20.0. The molecule has 0 heterocycles. The Morgan fingerprint density at radius 3 is 2.05 bits per heavy atom. The molecule has 0 aromatic carbocycles. The normalized spacial score (nSPS) is 15.0. The summed E-state index contributed by atoms with van der Waals surface area (Å²) in [6.45, 7) is 18.0. The Bertz CT molecular complexity index is 815. The van der Waals surface area contributed by atoms with Crippen molar-refractivity contribution in [3.63, 3.8) is 0 Å². The molecule has 40 heavy (non-hydrogen) atoms. The quantitative estimate of drug-likeness (QED) is 0.109. The van der Waals surface area contributed by atoms with Crippen molar-refractivity contribution in [3.05, 3.63) is 25.3 Å². The molecular weight excluding hydrogens is 520 g/mol. The van der Waals surface area contributed by atoms with E-state index in [2.05, 4.69) is 34.4 Å². The minimum absolute atomic E-state index is 0.0397. The van der Waals surface area contributed by atoms with E-state index in [0.717, 1.165) is 12.8 Å². The van der Waals surface area contributed by atoms with E-state index in [1.54, 1.807) is 27.7 Å². The van der Waals surface area contributed by atoms with Crippen LogP contribution in [-0.2, 0) is 28.6 Å². The smallest absolute Gasteiger partial charge is 0.408 e. The number of nitrogens with one attached hydrogen (secondary N) is 4. The Morgan fingerprint density at radius 1 is 0.900 bits per heavy atom. The van der Waals surface area contributed by atoms with Crippen molar-refractivity contribution >= 4 is 23.8 Å². The minimum atomic E-state index is -1.14. The molecule has 0 radical (unpaired) electrons. The average Bonchev–Trinajstić information content (AvgIpc) is 2.86. The van der Waals surface area contributed by atoms with E-state index in [1.807, 2.05) is 6.92 Å². The number of carbonyl (C=O) groups is 4. The zero-order valence-corrected chi connectivity index (χ0v) is 24.9. The van der Waals surface area contributed by atoms with E-state index >= 15 is 0 Å². The van der Waals surface area contributed by atoms with E-state index in [0.29, 0.717) is 6.54 Å². The molecule has 0 saturated carbocycles. The Labute approximate surface area is 238 Å². The number of carbonyl (C=O) groups excluding carboxylic acids is 4. The molecule has 4 amide bonds. The third-order valence-corrected chi connectivity index (χ3v) is 5.48. The van der Waals surface area contributed by atoms with Crippen LogP contribution >= 0.6 is 0 Å². The first kappa shape index (κ1) is 37.0. The Morgan fingerprint density at radius 2 is 1.50 bits per heavy atom. The minimum Gasteiger partial charge on any atom is -0.444 e. The lowest BCUT2D eigenvalue weighted by Gasteiger charge is -2.28. The molecule has 12 heteroatoms. The molecule has 0 saturated heterocycles. The highest BCUT2D eigenvalue weighted by atomic mass is 16.6. The molecule has 5 N–H and O–H groups in total. The van der Waals surface area contributed by atoms with Crippen LogP contribution in [0.3, 0.4) is 0 Å². The summed E-state index contributed by atoms with van der Waals surface area (Å²) < 4.78 is 16.0. The highest BCUT2D eigenvalue weighted by molar-refractivity contribution is 5.91. The van der Waals surface area contributed by atoms with Crippen LogP contribution < -0.4 is 21.3 Å². The number of alkyl carbamates (subject to hydrolysis) is 1.